The molecule has 0 fully saturated rings. The molecule has 7 heteroatoms. The Kier molecular flexibility index (Phi) is 5.94. The average molecular weight is 344 g/mol. The van der Waals surface area contributed by atoms with Crippen molar-refractivity contribution in [2.24, 2.45) is 0 Å². The number of hydrogen-bond donors (Lipinski definition) is 2. The fourth-order valence-corrected chi connectivity index (χ4v) is 2.32. The largest absolute Gasteiger partial charge is 0.475 e. The number of carbonyl (C=O) groups is 3. The van der Waals surface area contributed by atoms with Crippen LogP contribution in [0.4, 0.5) is 5.69 Å². The van der Waals surface area contributed by atoms with Crippen molar-refractivity contribution in [2.75, 3.05) is 18.4 Å². The van der Waals surface area contributed by atoms with E-state index in [1.807, 2.05) is 32.0 Å². The van der Waals surface area contributed by atoms with Gasteiger partial charge in [-0.05, 0) is 37.1 Å². The highest BCUT2D eigenvalue weighted by Gasteiger charge is 2.22. The van der Waals surface area contributed by atoms with Crippen LogP contribution in [0.15, 0.2) is 40.8 Å². The van der Waals surface area contributed by atoms with Gasteiger partial charge >= 0.3 is 5.97 Å². The van der Waals surface area contributed by atoms with E-state index in [4.69, 9.17) is 9.52 Å². The van der Waals surface area contributed by atoms with Gasteiger partial charge in [-0.25, -0.2) is 4.79 Å². The Morgan fingerprint density at radius 3 is 2.40 bits per heavy atom. The van der Waals surface area contributed by atoms with Crippen LogP contribution in [0.3, 0.4) is 0 Å². The van der Waals surface area contributed by atoms with Crippen molar-refractivity contribution in [2.45, 2.75) is 20.3 Å². The number of aromatic carboxylic acids is 1. The van der Waals surface area contributed by atoms with Gasteiger partial charge in [-0.3, -0.25) is 9.59 Å². The Morgan fingerprint density at radius 2 is 1.80 bits per heavy atom. The first-order valence-corrected chi connectivity index (χ1v) is 7.90. The number of nitrogens with zero attached hydrogens (tertiary/aromatic N) is 1. The normalized spacial score (nSPS) is 10.3. The highest BCUT2D eigenvalue weighted by atomic mass is 16.4. The lowest BCUT2D eigenvalue weighted by atomic mass is 10.2. The molecular formula is C18H20N2O5. The van der Waals surface area contributed by atoms with Gasteiger partial charge in [-0.1, -0.05) is 25.1 Å². The summed E-state index contributed by atoms with van der Waals surface area (Å²) in [5.74, 6) is -2.52. The third-order valence-corrected chi connectivity index (χ3v) is 3.56. The van der Waals surface area contributed by atoms with Crippen molar-refractivity contribution in [1.82, 2.24) is 4.90 Å². The minimum atomic E-state index is -1.25. The second kappa shape index (κ2) is 8.14. The molecule has 0 saturated carbocycles. The third-order valence-electron chi connectivity index (χ3n) is 3.56. The first kappa shape index (κ1) is 18.3. The topological polar surface area (TPSA) is 99.9 Å². The zero-order valence-electron chi connectivity index (χ0n) is 14.1. The monoisotopic (exact) mass is 344 g/mol. The van der Waals surface area contributed by atoms with E-state index in [2.05, 4.69) is 5.32 Å². The highest BCUT2D eigenvalue weighted by molar-refractivity contribution is 5.99. The van der Waals surface area contributed by atoms with Crippen LogP contribution in [-0.2, 0) is 4.79 Å². The lowest BCUT2D eigenvalue weighted by molar-refractivity contribution is -0.116. The van der Waals surface area contributed by atoms with Crippen LogP contribution in [0.2, 0.25) is 0 Å². The summed E-state index contributed by atoms with van der Waals surface area (Å²) >= 11 is 0. The van der Waals surface area contributed by atoms with Crippen LogP contribution in [-0.4, -0.2) is 40.9 Å². The molecule has 0 aliphatic rings. The Balaban J connectivity index is 2.08. The number of furan rings is 1. The van der Waals surface area contributed by atoms with Gasteiger partial charge < -0.3 is 19.7 Å². The molecule has 1 heterocycles. The zero-order chi connectivity index (χ0) is 18.4. The van der Waals surface area contributed by atoms with Crippen LogP contribution in [0.1, 0.15) is 40.0 Å². The van der Waals surface area contributed by atoms with Crippen LogP contribution in [0.25, 0.3) is 0 Å². The summed E-state index contributed by atoms with van der Waals surface area (Å²) in [6.45, 7) is 3.96. The SMILES string of the molecule is CCCN(CC(=O)Nc1ccccc1C)C(=O)c1ccc(C(=O)O)o1. The highest BCUT2D eigenvalue weighted by Crippen LogP contribution is 2.14. The van der Waals surface area contributed by atoms with Crippen molar-refractivity contribution < 1.29 is 23.9 Å². The first-order chi connectivity index (χ1) is 11.9. The van der Waals surface area contributed by atoms with E-state index in [1.54, 1.807) is 6.07 Å². The smallest absolute Gasteiger partial charge is 0.371 e. The Labute approximate surface area is 145 Å². The Bertz CT molecular complexity index is 781. The van der Waals surface area contributed by atoms with Gasteiger partial charge in [0.2, 0.25) is 11.7 Å². The molecule has 0 aliphatic heterocycles. The first-order valence-electron chi connectivity index (χ1n) is 7.90. The molecule has 0 atom stereocenters. The number of carbonyl (C=O) groups excluding carboxylic acids is 2. The molecule has 2 aromatic rings. The molecule has 2 amide bonds. The van der Waals surface area contributed by atoms with Crippen LogP contribution >= 0.6 is 0 Å². The molecule has 0 spiro atoms. The quantitative estimate of drug-likeness (QED) is 0.804. The van der Waals surface area contributed by atoms with Crippen LogP contribution < -0.4 is 5.32 Å². The van der Waals surface area contributed by atoms with Crippen molar-refractivity contribution in [1.29, 1.82) is 0 Å². The standard InChI is InChI=1S/C18H20N2O5/c1-3-10-20(17(22)14-8-9-15(25-14)18(23)24)11-16(21)19-13-7-5-4-6-12(13)2/h4-9H,3,10-11H2,1-2H3,(H,19,21)(H,23,24). The van der Waals surface area contributed by atoms with Gasteiger partial charge in [-0.15, -0.1) is 0 Å². The van der Waals surface area contributed by atoms with Crippen molar-refractivity contribution in [3.05, 3.63) is 53.5 Å². The molecule has 0 unspecified atom stereocenters. The molecule has 7 nitrogen and oxygen atoms in total. The van der Waals surface area contributed by atoms with E-state index in [1.165, 1.54) is 17.0 Å². The Morgan fingerprint density at radius 1 is 1.12 bits per heavy atom. The number of nitrogens with one attached hydrogen (secondary N) is 1. The fourth-order valence-electron chi connectivity index (χ4n) is 2.32. The van der Waals surface area contributed by atoms with Gasteiger partial charge in [0, 0.05) is 12.2 Å². The average Bonchev–Trinajstić information content (AvgIpc) is 3.06. The van der Waals surface area contributed by atoms with E-state index in [-0.39, 0.29) is 24.0 Å². The van der Waals surface area contributed by atoms with Gasteiger partial charge in [0.25, 0.3) is 5.91 Å². The van der Waals surface area contributed by atoms with Gasteiger partial charge in [0.1, 0.15) is 6.54 Å². The molecular weight excluding hydrogens is 324 g/mol. The molecule has 0 saturated heterocycles. The lowest BCUT2D eigenvalue weighted by Gasteiger charge is -2.20. The van der Waals surface area contributed by atoms with E-state index in [0.29, 0.717) is 18.7 Å². The van der Waals surface area contributed by atoms with E-state index >= 15 is 0 Å². The number of carboxylic acids is 1. The second-order valence-electron chi connectivity index (χ2n) is 5.56. The summed E-state index contributed by atoms with van der Waals surface area (Å²) < 4.78 is 5.03. The number of benzene rings is 1. The summed E-state index contributed by atoms with van der Waals surface area (Å²) in [6, 6.07) is 9.86. The molecule has 2 N–H and O–H groups in total. The minimum absolute atomic E-state index is 0.102. The predicted octanol–water partition coefficient (Wildman–Crippen LogP) is 2.78. The van der Waals surface area contributed by atoms with E-state index in [0.717, 1.165) is 5.56 Å². The molecule has 25 heavy (non-hydrogen) atoms. The summed E-state index contributed by atoms with van der Waals surface area (Å²) in [5.41, 5.74) is 1.60. The predicted molar refractivity (Wildman–Crippen MR) is 91.7 cm³/mol. The summed E-state index contributed by atoms with van der Waals surface area (Å²) in [7, 11) is 0. The van der Waals surface area contributed by atoms with Crippen molar-refractivity contribution in [3.63, 3.8) is 0 Å². The maximum Gasteiger partial charge on any atom is 0.371 e. The maximum atomic E-state index is 12.5. The number of rotatable bonds is 7. The molecule has 1 aromatic carbocycles. The molecule has 132 valence electrons. The molecule has 1 aromatic heterocycles. The van der Waals surface area contributed by atoms with Crippen LogP contribution in [0, 0.1) is 6.92 Å². The summed E-state index contributed by atoms with van der Waals surface area (Å²) in [5, 5.41) is 11.6. The molecule has 0 aliphatic carbocycles. The number of anilines is 1. The van der Waals surface area contributed by atoms with Gasteiger partial charge in [-0.2, -0.15) is 0 Å². The number of carboxylic acid groups (broad SMARTS) is 1. The molecule has 0 radical (unpaired) electrons. The lowest BCUT2D eigenvalue weighted by Crippen LogP contribution is -2.38. The van der Waals surface area contributed by atoms with Crippen LogP contribution in [0.5, 0.6) is 0 Å². The fraction of sp³-hybridized carbons (Fsp3) is 0.278. The summed E-state index contributed by atoms with van der Waals surface area (Å²) in [6.07, 6.45) is 0.649. The van der Waals surface area contributed by atoms with Crippen molar-refractivity contribution in [3.8, 4) is 0 Å². The molecule has 0 bridgehead atoms. The van der Waals surface area contributed by atoms with Gasteiger partial charge in [0.05, 0.1) is 0 Å². The zero-order valence-corrected chi connectivity index (χ0v) is 14.1. The number of para-hydroxylation sites is 1. The maximum absolute atomic E-state index is 12.5. The minimum Gasteiger partial charge on any atom is -0.475 e. The number of aryl methyl sites for hydroxylation is 1. The third kappa shape index (κ3) is 4.69. The number of hydrogen-bond acceptors (Lipinski definition) is 4. The number of amides is 2. The van der Waals surface area contributed by atoms with E-state index in [9.17, 15) is 14.4 Å². The van der Waals surface area contributed by atoms with Gasteiger partial charge in [0.15, 0.2) is 5.76 Å². The second-order valence-corrected chi connectivity index (χ2v) is 5.56. The summed E-state index contributed by atoms with van der Waals surface area (Å²) in [4.78, 5) is 36.9. The van der Waals surface area contributed by atoms with Crippen molar-refractivity contribution >= 4 is 23.5 Å². The Hall–Kier alpha value is -3.09. The molecule has 2 rings (SSSR count). The van der Waals surface area contributed by atoms with E-state index < -0.39 is 11.9 Å².